The van der Waals surface area contributed by atoms with Crippen molar-refractivity contribution in [2.75, 3.05) is 18.4 Å². The van der Waals surface area contributed by atoms with Gasteiger partial charge >= 0.3 is 0 Å². The Morgan fingerprint density at radius 2 is 1.53 bits per heavy atom. The molecule has 2 N–H and O–H groups in total. The van der Waals surface area contributed by atoms with E-state index in [1.807, 2.05) is 31.2 Å². The van der Waals surface area contributed by atoms with Gasteiger partial charge in [-0.3, -0.25) is 4.79 Å². The molecule has 0 radical (unpaired) electrons. The largest absolute Gasteiger partial charge is 0.380 e. The van der Waals surface area contributed by atoms with E-state index in [2.05, 4.69) is 26.1 Å². The fourth-order valence-corrected chi connectivity index (χ4v) is 4.93. The van der Waals surface area contributed by atoms with Crippen LogP contribution in [0.3, 0.4) is 0 Å². The standard InChI is InChI=1S/C23H30N2O4S/c1-17-5-11-20(12-6-17)30(28,29)25-15-13-23(27,14-16-25)21(26)24-19-9-7-18(8-10-19)22(2,3)4/h5-12,27H,13-16H2,1-4H3,(H,24,26). The van der Waals surface area contributed by atoms with Crippen molar-refractivity contribution < 1.29 is 18.3 Å². The van der Waals surface area contributed by atoms with Crippen molar-refractivity contribution >= 4 is 21.6 Å². The van der Waals surface area contributed by atoms with Crippen LogP contribution in [0.15, 0.2) is 53.4 Å². The number of nitrogens with zero attached hydrogens (tertiary/aromatic N) is 1. The number of rotatable bonds is 4. The van der Waals surface area contributed by atoms with Crippen molar-refractivity contribution in [1.29, 1.82) is 0 Å². The molecule has 1 aliphatic heterocycles. The highest BCUT2D eigenvalue weighted by Crippen LogP contribution is 2.29. The van der Waals surface area contributed by atoms with E-state index in [0.29, 0.717) is 5.69 Å². The second-order valence-corrected chi connectivity index (χ2v) is 11.0. The van der Waals surface area contributed by atoms with E-state index in [1.165, 1.54) is 4.31 Å². The van der Waals surface area contributed by atoms with E-state index < -0.39 is 21.5 Å². The lowest BCUT2D eigenvalue weighted by Crippen LogP contribution is -2.52. The zero-order valence-corrected chi connectivity index (χ0v) is 18.8. The lowest BCUT2D eigenvalue weighted by molar-refractivity contribution is -0.137. The van der Waals surface area contributed by atoms with E-state index in [-0.39, 0.29) is 36.2 Å². The SMILES string of the molecule is Cc1ccc(S(=O)(=O)N2CCC(O)(C(=O)Nc3ccc(C(C)(C)C)cc3)CC2)cc1. The molecule has 3 rings (SSSR count). The average molecular weight is 431 g/mol. The number of aliphatic hydroxyl groups is 1. The molecule has 2 aromatic rings. The number of sulfonamides is 1. The molecule has 0 aliphatic carbocycles. The van der Waals surface area contributed by atoms with Crippen LogP contribution in [0.4, 0.5) is 5.69 Å². The van der Waals surface area contributed by atoms with Gasteiger partial charge < -0.3 is 10.4 Å². The summed E-state index contributed by atoms with van der Waals surface area (Å²) in [5.74, 6) is -0.501. The third-order valence-corrected chi connectivity index (χ3v) is 7.55. The van der Waals surface area contributed by atoms with Crippen LogP contribution in [0, 0.1) is 6.92 Å². The molecule has 1 fully saturated rings. The molecule has 0 unspecified atom stereocenters. The summed E-state index contributed by atoms with van der Waals surface area (Å²) in [6, 6.07) is 14.2. The number of hydrogen-bond donors (Lipinski definition) is 2. The Balaban J connectivity index is 1.65. The first kappa shape index (κ1) is 22.5. The molecule has 7 heteroatoms. The van der Waals surface area contributed by atoms with E-state index in [0.717, 1.165) is 11.1 Å². The normalized spacial score (nSPS) is 17.5. The fourth-order valence-electron chi connectivity index (χ4n) is 3.48. The van der Waals surface area contributed by atoms with Gasteiger partial charge in [0.1, 0.15) is 5.60 Å². The molecular weight excluding hydrogens is 400 g/mol. The summed E-state index contributed by atoms with van der Waals surface area (Å²) in [4.78, 5) is 12.9. The van der Waals surface area contributed by atoms with Gasteiger partial charge in [-0.15, -0.1) is 0 Å². The van der Waals surface area contributed by atoms with Gasteiger partial charge in [-0.2, -0.15) is 4.31 Å². The molecule has 2 aromatic carbocycles. The maximum absolute atomic E-state index is 12.8. The molecule has 0 saturated carbocycles. The Morgan fingerprint density at radius 1 is 1.00 bits per heavy atom. The maximum Gasteiger partial charge on any atom is 0.256 e. The van der Waals surface area contributed by atoms with Crippen LogP contribution < -0.4 is 5.32 Å². The molecule has 1 saturated heterocycles. The zero-order chi connectivity index (χ0) is 22.2. The molecule has 30 heavy (non-hydrogen) atoms. The first-order valence-corrected chi connectivity index (χ1v) is 11.6. The predicted molar refractivity (Wildman–Crippen MR) is 118 cm³/mol. The van der Waals surface area contributed by atoms with Gasteiger partial charge in [0.2, 0.25) is 10.0 Å². The minimum absolute atomic E-state index is 0.0104. The number of nitrogens with one attached hydrogen (secondary N) is 1. The summed E-state index contributed by atoms with van der Waals surface area (Å²) in [6.45, 7) is 8.41. The van der Waals surface area contributed by atoms with Gasteiger partial charge in [0, 0.05) is 18.8 Å². The van der Waals surface area contributed by atoms with Gasteiger partial charge in [0.25, 0.3) is 5.91 Å². The van der Waals surface area contributed by atoms with Crippen LogP contribution in [-0.4, -0.2) is 42.4 Å². The summed E-state index contributed by atoms with van der Waals surface area (Å²) in [6.07, 6.45) is 0.0913. The number of carbonyl (C=O) groups excluding carboxylic acids is 1. The van der Waals surface area contributed by atoms with Gasteiger partial charge in [-0.05, 0) is 55.0 Å². The van der Waals surface area contributed by atoms with Crippen LogP contribution in [0.25, 0.3) is 0 Å². The Bertz CT molecular complexity index is 999. The quantitative estimate of drug-likeness (QED) is 0.778. The van der Waals surface area contributed by atoms with Crippen LogP contribution in [0.1, 0.15) is 44.7 Å². The molecule has 0 bridgehead atoms. The lowest BCUT2D eigenvalue weighted by atomic mass is 9.87. The highest BCUT2D eigenvalue weighted by Gasteiger charge is 2.42. The molecule has 1 heterocycles. The molecule has 0 aromatic heterocycles. The Kier molecular flexibility index (Phi) is 6.09. The second kappa shape index (κ2) is 8.13. The Labute approximate surface area is 179 Å². The van der Waals surface area contributed by atoms with Crippen molar-refractivity contribution in [3.63, 3.8) is 0 Å². The van der Waals surface area contributed by atoms with Crippen molar-refractivity contribution in [1.82, 2.24) is 4.31 Å². The van der Waals surface area contributed by atoms with E-state index in [1.54, 1.807) is 24.3 Å². The summed E-state index contributed by atoms with van der Waals surface area (Å²) in [5, 5.41) is 13.6. The van der Waals surface area contributed by atoms with Crippen LogP contribution in [0.5, 0.6) is 0 Å². The first-order valence-electron chi connectivity index (χ1n) is 10.1. The smallest absolute Gasteiger partial charge is 0.256 e. The summed E-state index contributed by atoms with van der Waals surface area (Å²) in [7, 11) is -3.64. The number of piperidine rings is 1. The van der Waals surface area contributed by atoms with Crippen LogP contribution >= 0.6 is 0 Å². The first-order chi connectivity index (χ1) is 13.9. The molecule has 162 valence electrons. The molecule has 0 spiro atoms. The molecular formula is C23H30N2O4S. The van der Waals surface area contributed by atoms with E-state index in [9.17, 15) is 18.3 Å². The summed E-state index contributed by atoms with van der Waals surface area (Å²) in [5.41, 5.74) is 1.15. The zero-order valence-electron chi connectivity index (χ0n) is 18.0. The third kappa shape index (κ3) is 4.74. The Morgan fingerprint density at radius 3 is 2.03 bits per heavy atom. The minimum atomic E-state index is -3.64. The minimum Gasteiger partial charge on any atom is -0.380 e. The highest BCUT2D eigenvalue weighted by atomic mass is 32.2. The van der Waals surface area contributed by atoms with Gasteiger partial charge in [0.15, 0.2) is 0 Å². The fraction of sp³-hybridized carbons (Fsp3) is 0.435. The number of anilines is 1. The molecule has 1 aliphatic rings. The van der Waals surface area contributed by atoms with Crippen molar-refractivity contribution in [2.45, 2.75) is 56.4 Å². The summed E-state index contributed by atoms with van der Waals surface area (Å²) >= 11 is 0. The molecule has 1 amide bonds. The number of benzene rings is 2. The topological polar surface area (TPSA) is 86.7 Å². The van der Waals surface area contributed by atoms with Gasteiger partial charge in [-0.25, -0.2) is 8.42 Å². The number of carbonyl (C=O) groups is 1. The van der Waals surface area contributed by atoms with Crippen molar-refractivity contribution in [3.8, 4) is 0 Å². The third-order valence-electron chi connectivity index (χ3n) is 5.64. The van der Waals surface area contributed by atoms with Gasteiger partial charge in [-0.1, -0.05) is 50.6 Å². The number of hydrogen-bond acceptors (Lipinski definition) is 4. The second-order valence-electron chi connectivity index (χ2n) is 9.03. The van der Waals surface area contributed by atoms with Gasteiger partial charge in [0.05, 0.1) is 4.90 Å². The predicted octanol–water partition coefficient (Wildman–Crippen LogP) is 3.45. The maximum atomic E-state index is 12.8. The number of aryl methyl sites for hydroxylation is 1. The number of amides is 1. The average Bonchev–Trinajstić information content (AvgIpc) is 2.68. The lowest BCUT2D eigenvalue weighted by Gasteiger charge is -2.36. The molecule has 6 nitrogen and oxygen atoms in total. The van der Waals surface area contributed by atoms with Crippen molar-refractivity contribution in [2.24, 2.45) is 0 Å². The van der Waals surface area contributed by atoms with Crippen molar-refractivity contribution in [3.05, 3.63) is 59.7 Å². The van der Waals surface area contributed by atoms with E-state index in [4.69, 9.17) is 0 Å². The van der Waals surface area contributed by atoms with Crippen LogP contribution in [0.2, 0.25) is 0 Å². The van der Waals surface area contributed by atoms with E-state index >= 15 is 0 Å². The Hall–Kier alpha value is -2.22. The van der Waals surface area contributed by atoms with Crippen LogP contribution in [-0.2, 0) is 20.2 Å². The summed E-state index contributed by atoms with van der Waals surface area (Å²) < 4.78 is 27.0. The molecule has 0 atom stereocenters. The highest BCUT2D eigenvalue weighted by molar-refractivity contribution is 7.89. The monoisotopic (exact) mass is 430 g/mol.